The fourth-order valence-electron chi connectivity index (χ4n) is 3.90. The number of amides is 1. The second kappa shape index (κ2) is 11.2. The van der Waals surface area contributed by atoms with E-state index in [1.165, 1.54) is 16.6 Å². The van der Waals surface area contributed by atoms with Crippen LogP contribution in [0.2, 0.25) is 0 Å². The molecule has 8 nitrogen and oxygen atoms in total. The molecule has 1 aromatic heterocycles. The van der Waals surface area contributed by atoms with Crippen LogP contribution in [0.4, 0.5) is 11.5 Å². The van der Waals surface area contributed by atoms with Crippen molar-refractivity contribution in [2.75, 3.05) is 30.3 Å². The van der Waals surface area contributed by atoms with Crippen molar-refractivity contribution in [3.63, 3.8) is 0 Å². The fraction of sp³-hybridized carbons (Fsp3) is 0.375. The summed E-state index contributed by atoms with van der Waals surface area (Å²) >= 11 is 0. The number of rotatable bonds is 10. The van der Waals surface area contributed by atoms with Crippen LogP contribution in [0.25, 0.3) is 0 Å². The van der Waals surface area contributed by atoms with E-state index in [2.05, 4.69) is 23.0 Å². The lowest BCUT2D eigenvalue weighted by atomic mass is 9.97. The highest BCUT2D eigenvalue weighted by atomic mass is 16.2. The van der Waals surface area contributed by atoms with Crippen molar-refractivity contribution in [3.8, 4) is 0 Å². The highest BCUT2D eigenvalue weighted by Gasteiger charge is 2.21. The normalized spacial score (nSPS) is 13.3. The van der Waals surface area contributed by atoms with Gasteiger partial charge in [-0.3, -0.25) is 19.1 Å². The van der Waals surface area contributed by atoms with Gasteiger partial charge < -0.3 is 16.0 Å². The first-order valence-corrected chi connectivity index (χ1v) is 11.0. The molecule has 8 heteroatoms. The van der Waals surface area contributed by atoms with Crippen LogP contribution in [0.5, 0.6) is 0 Å². The van der Waals surface area contributed by atoms with E-state index in [-0.39, 0.29) is 30.5 Å². The quantitative estimate of drug-likeness (QED) is 0.493. The molecule has 0 fully saturated rings. The second-order valence-corrected chi connectivity index (χ2v) is 7.94. The lowest BCUT2D eigenvalue weighted by Crippen LogP contribution is -2.43. The second-order valence-electron chi connectivity index (χ2n) is 7.94. The van der Waals surface area contributed by atoms with Gasteiger partial charge in [0, 0.05) is 13.1 Å². The number of nitrogens with zero attached hydrogens (tertiary/aromatic N) is 2. The van der Waals surface area contributed by atoms with E-state index in [0.29, 0.717) is 13.1 Å². The topological polar surface area (TPSA) is 113 Å². The van der Waals surface area contributed by atoms with Gasteiger partial charge in [0.1, 0.15) is 11.5 Å². The average Bonchev–Trinajstić information content (AvgIpc) is 2.80. The van der Waals surface area contributed by atoms with Gasteiger partial charge in [0.2, 0.25) is 5.91 Å². The van der Waals surface area contributed by atoms with Crippen molar-refractivity contribution in [1.82, 2.24) is 14.9 Å². The molecule has 0 radical (unpaired) electrons. The number of nitrogens with one attached hydrogen (secondary N) is 2. The lowest BCUT2D eigenvalue weighted by Gasteiger charge is -2.26. The molecule has 0 aliphatic heterocycles. The number of hydrogen-bond acceptors (Lipinski definition) is 5. The van der Waals surface area contributed by atoms with Crippen LogP contribution < -0.4 is 27.2 Å². The molecule has 4 N–H and O–H groups in total. The van der Waals surface area contributed by atoms with Gasteiger partial charge in [-0.15, -0.1) is 6.58 Å². The van der Waals surface area contributed by atoms with E-state index in [0.717, 1.165) is 31.2 Å². The SMILES string of the molecule is C=CCNC(=O)CN(CCC1=CCCCC1)c1c(N)n(Cc2ccccc2)c(=O)[nH]c1=O. The Balaban J connectivity index is 1.93. The number of nitrogens with two attached hydrogens (primary N) is 1. The van der Waals surface area contributed by atoms with E-state index in [1.807, 2.05) is 30.3 Å². The van der Waals surface area contributed by atoms with E-state index >= 15 is 0 Å². The summed E-state index contributed by atoms with van der Waals surface area (Å²) in [4.78, 5) is 41.8. The zero-order valence-corrected chi connectivity index (χ0v) is 18.3. The molecular weight excluding hydrogens is 406 g/mol. The third kappa shape index (κ3) is 6.00. The van der Waals surface area contributed by atoms with Crippen molar-refractivity contribution in [3.05, 3.63) is 81.0 Å². The summed E-state index contributed by atoms with van der Waals surface area (Å²) in [6.45, 7) is 4.56. The van der Waals surface area contributed by atoms with E-state index < -0.39 is 11.2 Å². The van der Waals surface area contributed by atoms with Gasteiger partial charge in [-0.1, -0.05) is 48.1 Å². The molecule has 2 aromatic rings. The van der Waals surface area contributed by atoms with Crippen LogP contribution in [0.15, 0.2) is 64.2 Å². The minimum atomic E-state index is -0.592. The van der Waals surface area contributed by atoms with Crippen LogP contribution in [0, 0.1) is 0 Å². The molecule has 1 aromatic carbocycles. The Morgan fingerprint density at radius 2 is 2.03 bits per heavy atom. The minimum absolute atomic E-state index is 0.0437. The van der Waals surface area contributed by atoms with Gasteiger partial charge in [0.15, 0.2) is 0 Å². The van der Waals surface area contributed by atoms with Crippen LogP contribution in [0.1, 0.15) is 37.7 Å². The number of aromatic amines is 1. The highest BCUT2D eigenvalue weighted by Crippen LogP contribution is 2.23. The van der Waals surface area contributed by atoms with Crippen molar-refractivity contribution in [2.24, 2.45) is 0 Å². The molecule has 0 unspecified atom stereocenters. The first kappa shape index (κ1) is 23.1. The summed E-state index contributed by atoms with van der Waals surface area (Å²) in [6, 6.07) is 9.39. The lowest BCUT2D eigenvalue weighted by molar-refractivity contribution is -0.119. The number of nitrogen functional groups attached to an aromatic ring is 1. The van der Waals surface area contributed by atoms with Crippen molar-refractivity contribution < 1.29 is 4.79 Å². The predicted molar refractivity (Wildman–Crippen MR) is 128 cm³/mol. The standard InChI is InChI=1S/C24H31N5O3/c1-2-14-26-20(30)17-28(15-13-18-9-5-3-6-10-18)21-22(25)29(24(32)27-23(21)31)16-19-11-7-4-8-12-19/h2,4,7-9,11-12H,1,3,5-6,10,13-17,25H2,(H,26,30)(H,27,31,32). The molecule has 0 saturated carbocycles. The molecular formula is C24H31N5O3. The highest BCUT2D eigenvalue weighted by molar-refractivity contribution is 5.82. The minimum Gasteiger partial charge on any atom is -0.383 e. The first-order valence-electron chi connectivity index (χ1n) is 11.0. The van der Waals surface area contributed by atoms with Crippen LogP contribution in [0.3, 0.4) is 0 Å². The van der Waals surface area contributed by atoms with Crippen molar-refractivity contribution >= 4 is 17.4 Å². The largest absolute Gasteiger partial charge is 0.383 e. The summed E-state index contributed by atoms with van der Waals surface area (Å²) in [5.41, 5.74) is 7.53. The number of hydrogen-bond donors (Lipinski definition) is 3. The van der Waals surface area contributed by atoms with Gasteiger partial charge in [-0.25, -0.2) is 4.79 Å². The maximum atomic E-state index is 12.8. The number of benzene rings is 1. The van der Waals surface area contributed by atoms with Gasteiger partial charge in [-0.05, 0) is 37.7 Å². The van der Waals surface area contributed by atoms with Gasteiger partial charge in [0.05, 0.1) is 13.1 Å². The zero-order valence-electron chi connectivity index (χ0n) is 18.3. The van der Waals surface area contributed by atoms with E-state index in [1.54, 1.807) is 11.0 Å². The van der Waals surface area contributed by atoms with Crippen LogP contribution in [-0.2, 0) is 11.3 Å². The number of carbonyl (C=O) groups is 1. The predicted octanol–water partition coefficient (Wildman–Crippen LogP) is 2.17. The monoisotopic (exact) mass is 437 g/mol. The molecule has 3 rings (SSSR count). The molecule has 1 aliphatic carbocycles. The first-order chi connectivity index (χ1) is 15.5. The molecule has 0 bridgehead atoms. The smallest absolute Gasteiger partial charge is 0.330 e. The summed E-state index contributed by atoms with van der Waals surface area (Å²) < 4.78 is 1.33. The Hall–Kier alpha value is -3.55. The van der Waals surface area contributed by atoms with Gasteiger partial charge in [-0.2, -0.15) is 0 Å². The Labute approximate surface area is 187 Å². The summed E-state index contributed by atoms with van der Waals surface area (Å²) in [7, 11) is 0. The molecule has 32 heavy (non-hydrogen) atoms. The third-order valence-corrected chi connectivity index (χ3v) is 5.58. The van der Waals surface area contributed by atoms with Crippen LogP contribution in [-0.4, -0.2) is 35.1 Å². The Bertz CT molecular complexity index is 1090. The Kier molecular flexibility index (Phi) is 8.08. The van der Waals surface area contributed by atoms with Gasteiger partial charge in [0.25, 0.3) is 5.56 Å². The van der Waals surface area contributed by atoms with Crippen LogP contribution >= 0.6 is 0 Å². The summed E-state index contributed by atoms with van der Waals surface area (Å²) in [5.74, 6) is -0.195. The fourth-order valence-corrected chi connectivity index (χ4v) is 3.90. The maximum absolute atomic E-state index is 12.8. The number of H-pyrrole nitrogens is 1. The molecule has 1 aliphatic rings. The molecule has 0 spiro atoms. The van der Waals surface area contributed by atoms with E-state index in [9.17, 15) is 14.4 Å². The van der Waals surface area contributed by atoms with E-state index in [4.69, 9.17) is 5.73 Å². The summed E-state index contributed by atoms with van der Waals surface area (Å²) in [5, 5.41) is 2.74. The van der Waals surface area contributed by atoms with Gasteiger partial charge >= 0.3 is 5.69 Å². The number of carbonyl (C=O) groups excluding carboxylic acids is 1. The maximum Gasteiger partial charge on any atom is 0.330 e. The molecule has 0 saturated heterocycles. The third-order valence-electron chi connectivity index (χ3n) is 5.58. The zero-order chi connectivity index (χ0) is 22.9. The molecule has 1 heterocycles. The molecule has 170 valence electrons. The van der Waals surface area contributed by atoms with Crippen molar-refractivity contribution in [2.45, 2.75) is 38.6 Å². The number of anilines is 2. The number of allylic oxidation sites excluding steroid dienone is 1. The Morgan fingerprint density at radius 3 is 2.72 bits per heavy atom. The van der Waals surface area contributed by atoms with Crippen molar-refractivity contribution in [1.29, 1.82) is 0 Å². The molecule has 1 amide bonds. The summed E-state index contributed by atoms with van der Waals surface area (Å²) in [6.07, 6.45) is 8.98. The number of aromatic nitrogens is 2. The molecule has 0 atom stereocenters. The average molecular weight is 438 g/mol. The Morgan fingerprint density at radius 1 is 1.25 bits per heavy atom.